The topological polar surface area (TPSA) is 64.9 Å². The molecule has 2 aromatic rings. The molecule has 1 aliphatic carbocycles. The van der Waals surface area contributed by atoms with E-state index in [9.17, 15) is 0 Å². The number of fused-ring (bicyclic) bond motifs is 1. The molecule has 112 valence electrons. The zero-order valence-corrected chi connectivity index (χ0v) is 13.1. The van der Waals surface area contributed by atoms with Crippen LogP contribution >= 0.6 is 11.8 Å². The standard InChI is InChI=1S/C16H21N3OS/c1-21-9-8-14(17)16-18-15(19-20-16)13-7-6-11-4-2-3-5-12(11)10-13/h2-5,13-14H,6-10,17H2,1H3/t13?,14-/m0/s1. The number of hydrogen-bond donors (Lipinski definition) is 1. The van der Waals surface area contributed by atoms with Gasteiger partial charge in [-0.05, 0) is 48.8 Å². The lowest BCUT2D eigenvalue weighted by atomic mass is 9.83. The van der Waals surface area contributed by atoms with Crippen molar-refractivity contribution in [1.82, 2.24) is 10.1 Å². The van der Waals surface area contributed by atoms with Crippen molar-refractivity contribution in [3.63, 3.8) is 0 Å². The molecule has 1 unspecified atom stereocenters. The van der Waals surface area contributed by atoms with Gasteiger partial charge in [-0.2, -0.15) is 16.7 Å². The third kappa shape index (κ3) is 3.30. The van der Waals surface area contributed by atoms with Crippen molar-refractivity contribution in [2.75, 3.05) is 12.0 Å². The van der Waals surface area contributed by atoms with Crippen LogP contribution in [0.1, 0.15) is 47.6 Å². The van der Waals surface area contributed by atoms with Gasteiger partial charge in [-0.25, -0.2) is 0 Å². The molecule has 0 saturated heterocycles. The van der Waals surface area contributed by atoms with Gasteiger partial charge < -0.3 is 10.3 Å². The summed E-state index contributed by atoms with van der Waals surface area (Å²) < 4.78 is 5.37. The fraction of sp³-hybridized carbons (Fsp3) is 0.500. The molecule has 0 spiro atoms. The average molecular weight is 303 g/mol. The van der Waals surface area contributed by atoms with Crippen LogP contribution in [0, 0.1) is 0 Å². The number of aryl methyl sites for hydroxylation is 1. The summed E-state index contributed by atoms with van der Waals surface area (Å²) in [7, 11) is 0. The Bertz CT molecular complexity index is 599. The van der Waals surface area contributed by atoms with Gasteiger partial charge in [0.2, 0.25) is 5.89 Å². The maximum Gasteiger partial charge on any atom is 0.243 e. The molecular formula is C16H21N3OS. The number of nitrogens with two attached hydrogens (primary N) is 1. The van der Waals surface area contributed by atoms with Crippen molar-refractivity contribution >= 4 is 11.8 Å². The minimum absolute atomic E-state index is 0.144. The number of nitrogens with zero attached hydrogens (tertiary/aromatic N) is 2. The van der Waals surface area contributed by atoms with Crippen LogP contribution in [-0.2, 0) is 12.8 Å². The molecular weight excluding hydrogens is 282 g/mol. The Morgan fingerprint density at radius 2 is 2.19 bits per heavy atom. The van der Waals surface area contributed by atoms with Crippen molar-refractivity contribution in [2.24, 2.45) is 5.73 Å². The average Bonchev–Trinajstić information content (AvgIpc) is 3.02. The van der Waals surface area contributed by atoms with Gasteiger partial charge in [0.15, 0.2) is 5.82 Å². The molecule has 0 amide bonds. The van der Waals surface area contributed by atoms with E-state index in [2.05, 4.69) is 40.7 Å². The summed E-state index contributed by atoms with van der Waals surface area (Å²) in [6.07, 6.45) is 6.11. The third-order valence-corrected chi connectivity index (χ3v) is 4.76. The summed E-state index contributed by atoms with van der Waals surface area (Å²) in [4.78, 5) is 4.55. The van der Waals surface area contributed by atoms with Gasteiger partial charge in [0.25, 0.3) is 0 Å². The van der Waals surface area contributed by atoms with Crippen molar-refractivity contribution in [2.45, 2.75) is 37.6 Å². The SMILES string of the molecule is CSCC[C@H](N)c1nc(C2CCc3ccccc3C2)no1. The Balaban J connectivity index is 1.70. The van der Waals surface area contributed by atoms with E-state index in [1.165, 1.54) is 11.1 Å². The zero-order chi connectivity index (χ0) is 14.7. The molecule has 21 heavy (non-hydrogen) atoms. The molecule has 4 nitrogen and oxygen atoms in total. The molecule has 0 aliphatic heterocycles. The van der Waals surface area contributed by atoms with E-state index in [0.29, 0.717) is 11.8 Å². The minimum atomic E-state index is -0.144. The largest absolute Gasteiger partial charge is 0.338 e. The summed E-state index contributed by atoms with van der Waals surface area (Å²) in [5.74, 6) is 2.76. The predicted octanol–water partition coefficient (Wildman–Crippen LogP) is 3.10. The predicted molar refractivity (Wildman–Crippen MR) is 85.4 cm³/mol. The normalized spacial score (nSPS) is 19.2. The van der Waals surface area contributed by atoms with Crippen LogP contribution in [-0.4, -0.2) is 22.1 Å². The summed E-state index contributed by atoms with van der Waals surface area (Å²) in [5.41, 5.74) is 8.95. The first-order valence-electron chi connectivity index (χ1n) is 7.42. The number of hydrogen-bond acceptors (Lipinski definition) is 5. The highest BCUT2D eigenvalue weighted by Crippen LogP contribution is 2.31. The fourth-order valence-electron chi connectivity index (χ4n) is 2.85. The van der Waals surface area contributed by atoms with Crippen molar-refractivity contribution in [3.05, 3.63) is 47.1 Å². The van der Waals surface area contributed by atoms with E-state index < -0.39 is 0 Å². The van der Waals surface area contributed by atoms with Crippen LogP contribution < -0.4 is 5.73 Å². The Morgan fingerprint density at radius 1 is 1.38 bits per heavy atom. The van der Waals surface area contributed by atoms with E-state index in [1.807, 2.05) is 0 Å². The maximum absolute atomic E-state index is 6.09. The maximum atomic E-state index is 6.09. The lowest BCUT2D eigenvalue weighted by Crippen LogP contribution is -2.15. The zero-order valence-electron chi connectivity index (χ0n) is 12.3. The fourth-order valence-corrected chi connectivity index (χ4v) is 3.34. The summed E-state index contributed by atoms with van der Waals surface area (Å²) >= 11 is 1.78. The summed E-state index contributed by atoms with van der Waals surface area (Å²) in [6.45, 7) is 0. The van der Waals surface area contributed by atoms with Crippen molar-refractivity contribution in [3.8, 4) is 0 Å². The first kappa shape index (κ1) is 14.6. The minimum Gasteiger partial charge on any atom is -0.338 e. The van der Waals surface area contributed by atoms with Gasteiger partial charge in [-0.15, -0.1) is 0 Å². The molecule has 3 rings (SSSR count). The van der Waals surface area contributed by atoms with E-state index in [-0.39, 0.29) is 6.04 Å². The van der Waals surface area contributed by atoms with Crippen LogP contribution in [0.4, 0.5) is 0 Å². The van der Waals surface area contributed by atoms with Crippen LogP contribution in [0.2, 0.25) is 0 Å². The third-order valence-electron chi connectivity index (χ3n) is 4.12. The second-order valence-corrected chi connectivity index (χ2v) is 6.57. The van der Waals surface area contributed by atoms with Gasteiger partial charge in [-0.3, -0.25) is 0 Å². The van der Waals surface area contributed by atoms with Gasteiger partial charge in [0.1, 0.15) is 0 Å². The summed E-state index contributed by atoms with van der Waals surface area (Å²) in [6, 6.07) is 8.48. The first-order valence-corrected chi connectivity index (χ1v) is 8.82. The van der Waals surface area contributed by atoms with Crippen LogP contribution in [0.5, 0.6) is 0 Å². The molecule has 1 aromatic carbocycles. The van der Waals surface area contributed by atoms with E-state index in [1.54, 1.807) is 11.8 Å². The molecule has 0 fully saturated rings. The quantitative estimate of drug-likeness (QED) is 0.919. The molecule has 5 heteroatoms. The lowest BCUT2D eigenvalue weighted by Gasteiger charge is -2.21. The molecule has 1 heterocycles. The van der Waals surface area contributed by atoms with Gasteiger partial charge in [0, 0.05) is 5.92 Å². The molecule has 2 N–H and O–H groups in total. The Morgan fingerprint density at radius 3 is 3.00 bits per heavy atom. The van der Waals surface area contributed by atoms with Crippen molar-refractivity contribution in [1.29, 1.82) is 0 Å². The Kier molecular flexibility index (Phi) is 4.60. The van der Waals surface area contributed by atoms with Gasteiger partial charge in [-0.1, -0.05) is 29.4 Å². The first-order chi connectivity index (χ1) is 10.3. The molecule has 0 saturated carbocycles. The molecule has 0 radical (unpaired) electrons. The van der Waals surface area contributed by atoms with Gasteiger partial charge >= 0.3 is 0 Å². The van der Waals surface area contributed by atoms with Crippen molar-refractivity contribution < 1.29 is 4.52 Å². The van der Waals surface area contributed by atoms with Crippen LogP contribution in [0.3, 0.4) is 0 Å². The lowest BCUT2D eigenvalue weighted by molar-refractivity contribution is 0.345. The van der Waals surface area contributed by atoms with Crippen LogP contribution in [0.15, 0.2) is 28.8 Å². The highest BCUT2D eigenvalue weighted by molar-refractivity contribution is 7.98. The smallest absolute Gasteiger partial charge is 0.243 e. The Labute approximate surface area is 129 Å². The van der Waals surface area contributed by atoms with E-state index in [4.69, 9.17) is 10.3 Å². The number of thioether (sulfide) groups is 1. The van der Waals surface area contributed by atoms with Crippen LogP contribution in [0.25, 0.3) is 0 Å². The second-order valence-electron chi connectivity index (χ2n) is 5.59. The number of benzene rings is 1. The second kappa shape index (κ2) is 6.62. The highest BCUT2D eigenvalue weighted by Gasteiger charge is 2.25. The van der Waals surface area contributed by atoms with Gasteiger partial charge in [0.05, 0.1) is 6.04 Å². The monoisotopic (exact) mass is 303 g/mol. The number of rotatable bonds is 5. The Hall–Kier alpha value is -1.33. The molecule has 2 atom stereocenters. The molecule has 1 aromatic heterocycles. The molecule has 0 bridgehead atoms. The molecule has 1 aliphatic rings. The number of aromatic nitrogens is 2. The summed E-state index contributed by atoms with van der Waals surface area (Å²) in [5, 5.41) is 4.17. The van der Waals surface area contributed by atoms with E-state index in [0.717, 1.165) is 37.3 Å². The van der Waals surface area contributed by atoms with E-state index >= 15 is 0 Å². The highest BCUT2D eigenvalue weighted by atomic mass is 32.2.